The molecule has 0 saturated heterocycles. The summed E-state index contributed by atoms with van der Waals surface area (Å²) in [5.41, 5.74) is 2.93. The van der Waals surface area contributed by atoms with Crippen molar-refractivity contribution in [3.63, 3.8) is 0 Å². The second-order valence-electron chi connectivity index (χ2n) is 4.90. The second kappa shape index (κ2) is 5.36. The lowest BCUT2D eigenvalue weighted by Gasteiger charge is -2.10. The minimum atomic E-state index is -0.147. The molecule has 0 radical (unpaired) electrons. The van der Waals surface area contributed by atoms with Gasteiger partial charge in [0.15, 0.2) is 5.65 Å². The number of carbonyl (C=O) groups is 1. The number of nitrogens with one attached hydrogen (secondary N) is 1. The lowest BCUT2D eigenvalue weighted by atomic mass is 10.3. The first-order valence-corrected chi connectivity index (χ1v) is 6.24. The molecule has 102 valence electrons. The second-order valence-corrected chi connectivity index (χ2v) is 4.90. The number of hydrogen-bond donors (Lipinski definition) is 1. The summed E-state index contributed by atoms with van der Waals surface area (Å²) in [5.74, 6) is -0.147. The summed E-state index contributed by atoms with van der Waals surface area (Å²) < 4.78 is 1.74. The first-order valence-electron chi connectivity index (χ1n) is 6.24. The molecule has 0 atom stereocenters. The molecule has 0 aromatic carbocycles. The first-order chi connectivity index (χ1) is 8.97. The molecule has 0 fully saturated rings. The van der Waals surface area contributed by atoms with E-state index >= 15 is 0 Å². The fourth-order valence-electron chi connectivity index (χ4n) is 1.84. The van der Waals surface area contributed by atoms with Crippen molar-refractivity contribution in [2.75, 3.05) is 27.2 Å². The van der Waals surface area contributed by atoms with E-state index in [4.69, 9.17) is 0 Å². The maximum absolute atomic E-state index is 12.0. The lowest BCUT2D eigenvalue weighted by molar-refractivity contribution is 0.0946. The molecule has 2 heterocycles. The van der Waals surface area contributed by atoms with Crippen LogP contribution < -0.4 is 5.32 Å². The van der Waals surface area contributed by atoms with Crippen molar-refractivity contribution in [3.05, 3.63) is 29.2 Å². The summed E-state index contributed by atoms with van der Waals surface area (Å²) in [6.45, 7) is 5.23. The highest BCUT2D eigenvalue weighted by Gasteiger charge is 2.11. The maximum Gasteiger partial charge on any atom is 0.270 e. The molecule has 2 rings (SSSR count). The molecule has 0 unspecified atom stereocenters. The summed E-state index contributed by atoms with van der Waals surface area (Å²) in [7, 11) is 3.94. The van der Waals surface area contributed by atoms with Crippen LogP contribution in [0.4, 0.5) is 0 Å². The van der Waals surface area contributed by atoms with Gasteiger partial charge in [-0.1, -0.05) is 0 Å². The molecule has 2 aromatic rings. The summed E-state index contributed by atoms with van der Waals surface area (Å²) >= 11 is 0. The molecule has 6 heteroatoms. The van der Waals surface area contributed by atoms with Gasteiger partial charge in [-0.2, -0.15) is 5.10 Å². The van der Waals surface area contributed by atoms with Gasteiger partial charge in [-0.3, -0.25) is 4.79 Å². The molecule has 19 heavy (non-hydrogen) atoms. The van der Waals surface area contributed by atoms with Gasteiger partial charge >= 0.3 is 0 Å². The first kappa shape index (κ1) is 13.5. The monoisotopic (exact) mass is 261 g/mol. The van der Waals surface area contributed by atoms with Gasteiger partial charge in [0, 0.05) is 24.8 Å². The number of rotatable bonds is 4. The van der Waals surface area contributed by atoms with Crippen LogP contribution >= 0.6 is 0 Å². The molecule has 1 N–H and O–H groups in total. The molecule has 1 amide bonds. The molecule has 0 aliphatic carbocycles. The average molecular weight is 261 g/mol. The van der Waals surface area contributed by atoms with Gasteiger partial charge in [-0.15, -0.1) is 0 Å². The van der Waals surface area contributed by atoms with Gasteiger partial charge in [0.1, 0.15) is 5.69 Å². The smallest absolute Gasteiger partial charge is 0.270 e. The third kappa shape index (κ3) is 3.08. The highest BCUT2D eigenvalue weighted by atomic mass is 16.1. The Balaban J connectivity index is 2.18. The highest BCUT2D eigenvalue weighted by molar-refractivity contribution is 5.92. The van der Waals surface area contributed by atoms with Crippen LogP contribution in [0.15, 0.2) is 12.1 Å². The van der Waals surface area contributed by atoms with Crippen LogP contribution in [0.2, 0.25) is 0 Å². The quantitative estimate of drug-likeness (QED) is 0.877. The molecular formula is C13H19N5O. The van der Waals surface area contributed by atoms with Gasteiger partial charge in [0.05, 0.1) is 5.69 Å². The minimum Gasteiger partial charge on any atom is -0.349 e. The standard InChI is InChI=1S/C13H19N5O/c1-9-7-12-15-11(8-10(2)18(12)16-9)13(19)14-5-6-17(3)4/h7-8H,5-6H2,1-4H3,(H,14,19). The zero-order valence-electron chi connectivity index (χ0n) is 11.8. The zero-order chi connectivity index (χ0) is 14.0. The molecule has 2 aromatic heterocycles. The van der Waals surface area contributed by atoms with E-state index in [-0.39, 0.29) is 5.91 Å². The van der Waals surface area contributed by atoms with Gasteiger partial charge in [-0.05, 0) is 34.0 Å². The van der Waals surface area contributed by atoms with Crippen LogP contribution in [-0.2, 0) is 0 Å². The Hall–Kier alpha value is -1.95. The Morgan fingerprint density at radius 2 is 2.11 bits per heavy atom. The van der Waals surface area contributed by atoms with E-state index in [2.05, 4.69) is 15.4 Å². The third-order valence-corrected chi connectivity index (χ3v) is 2.80. The van der Waals surface area contributed by atoms with Crippen LogP contribution in [-0.4, -0.2) is 52.6 Å². The van der Waals surface area contributed by atoms with Crippen LogP contribution in [0.3, 0.4) is 0 Å². The van der Waals surface area contributed by atoms with E-state index < -0.39 is 0 Å². The molecule has 0 aliphatic heterocycles. The number of amides is 1. The van der Waals surface area contributed by atoms with Gasteiger partial charge in [-0.25, -0.2) is 9.50 Å². The summed E-state index contributed by atoms with van der Waals surface area (Å²) in [6.07, 6.45) is 0. The third-order valence-electron chi connectivity index (χ3n) is 2.80. The number of aromatic nitrogens is 3. The van der Waals surface area contributed by atoms with Crippen molar-refractivity contribution in [2.24, 2.45) is 0 Å². The van der Waals surface area contributed by atoms with E-state index in [0.29, 0.717) is 17.9 Å². The lowest BCUT2D eigenvalue weighted by Crippen LogP contribution is -2.32. The van der Waals surface area contributed by atoms with E-state index in [9.17, 15) is 4.79 Å². The number of carbonyl (C=O) groups excluding carboxylic acids is 1. The minimum absolute atomic E-state index is 0.147. The van der Waals surface area contributed by atoms with Crippen LogP contribution in [0.1, 0.15) is 21.9 Å². The molecule has 6 nitrogen and oxygen atoms in total. The van der Waals surface area contributed by atoms with Crippen LogP contribution in [0.25, 0.3) is 5.65 Å². The largest absolute Gasteiger partial charge is 0.349 e. The predicted molar refractivity (Wildman–Crippen MR) is 73.3 cm³/mol. The summed E-state index contributed by atoms with van der Waals surface area (Å²) in [5, 5.41) is 7.17. The fraction of sp³-hybridized carbons (Fsp3) is 0.462. The topological polar surface area (TPSA) is 62.5 Å². The Morgan fingerprint density at radius 1 is 1.37 bits per heavy atom. The number of hydrogen-bond acceptors (Lipinski definition) is 4. The Morgan fingerprint density at radius 3 is 2.79 bits per heavy atom. The fourth-order valence-corrected chi connectivity index (χ4v) is 1.84. The molecular weight excluding hydrogens is 242 g/mol. The van der Waals surface area contributed by atoms with E-state index in [0.717, 1.165) is 17.9 Å². The van der Waals surface area contributed by atoms with Crippen LogP contribution in [0, 0.1) is 13.8 Å². The molecule has 0 spiro atoms. The van der Waals surface area contributed by atoms with Crippen LogP contribution in [0.5, 0.6) is 0 Å². The van der Waals surface area contributed by atoms with Crippen molar-refractivity contribution >= 4 is 11.6 Å². The van der Waals surface area contributed by atoms with Crippen molar-refractivity contribution in [1.82, 2.24) is 24.8 Å². The van der Waals surface area contributed by atoms with E-state index in [1.165, 1.54) is 0 Å². The maximum atomic E-state index is 12.0. The van der Waals surface area contributed by atoms with Crippen molar-refractivity contribution < 1.29 is 4.79 Å². The van der Waals surface area contributed by atoms with Gasteiger partial charge in [0.25, 0.3) is 5.91 Å². The molecule has 0 aliphatic rings. The van der Waals surface area contributed by atoms with E-state index in [1.807, 2.05) is 38.9 Å². The average Bonchev–Trinajstić information content (AvgIpc) is 2.69. The number of aryl methyl sites for hydroxylation is 2. The van der Waals surface area contributed by atoms with Crippen molar-refractivity contribution in [1.29, 1.82) is 0 Å². The molecule has 0 bridgehead atoms. The highest BCUT2D eigenvalue weighted by Crippen LogP contribution is 2.08. The predicted octanol–water partition coefficient (Wildman–Crippen LogP) is 0.638. The molecule has 0 saturated carbocycles. The Bertz CT molecular complexity index is 602. The van der Waals surface area contributed by atoms with Crippen molar-refractivity contribution in [3.8, 4) is 0 Å². The van der Waals surface area contributed by atoms with Gasteiger partial charge < -0.3 is 10.2 Å². The summed E-state index contributed by atoms with van der Waals surface area (Å²) in [4.78, 5) is 18.4. The SMILES string of the molecule is Cc1cc2nc(C(=O)NCCN(C)C)cc(C)n2n1. The Labute approximate surface area is 112 Å². The van der Waals surface area contributed by atoms with E-state index in [1.54, 1.807) is 10.6 Å². The van der Waals surface area contributed by atoms with Crippen molar-refractivity contribution in [2.45, 2.75) is 13.8 Å². The number of fused-ring (bicyclic) bond motifs is 1. The zero-order valence-corrected chi connectivity index (χ0v) is 11.8. The number of likely N-dealkylation sites (N-methyl/N-ethyl adjacent to an activating group) is 1. The number of nitrogens with zero attached hydrogens (tertiary/aromatic N) is 4. The van der Waals surface area contributed by atoms with Gasteiger partial charge in [0.2, 0.25) is 0 Å². The normalized spacial score (nSPS) is 11.2. The summed E-state index contributed by atoms with van der Waals surface area (Å²) in [6, 6.07) is 3.62. The Kier molecular flexibility index (Phi) is 3.80.